The van der Waals surface area contributed by atoms with E-state index in [1.807, 2.05) is 42.2 Å². The number of aryl methyl sites for hydroxylation is 1. The van der Waals surface area contributed by atoms with E-state index in [0.717, 1.165) is 31.4 Å². The molecule has 1 saturated carbocycles. The number of amides is 5. The number of benzene rings is 4. The number of aliphatic hydroxyl groups excluding tert-OH is 1. The average molecular weight is 1070 g/mol. The average Bonchev–Trinajstić information content (AvgIpc) is 3.88. The van der Waals surface area contributed by atoms with Gasteiger partial charge in [0.25, 0.3) is 0 Å². The number of carbonyl (C=O) groups excluding carboxylic acids is 4. The highest BCUT2D eigenvalue weighted by atomic mass is 35.5. The van der Waals surface area contributed by atoms with E-state index in [0.29, 0.717) is 63.3 Å². The molecule has 0 radical (unpaired) electrons. The topological polar surface area (TPSA) is 185 Å². The van der Waals surface area contributed by atoms with Crippen LogP contribution < -0.4 is 30.7 Å². The Bertz CT molecular complexity index is 3080. The fraction of sp³-hybridized carbons (Fsp3) is 0.482. The highest BCUT2D eigenvalue weighted by Gasteiger charge is 2.51. The van der Waals surface area contributed by atoms with Crippen LogP contribution in [0.3, 0.4) is 0 Å². The number of carbonyl (C=O) groups is 4. The van der Waals surface area contributed by atoms with Crippen LogP contribution >= 0.6 is 11.6 Å². The molecule has 5 amide bonds. The number of rotatable bonds is 14. The first kappa shape index (κ1) is 53.1. The Labute approximate surface area is 443 Å². The van der Waals surface area contributed by atoms with Crippen molar-refractivity contribution >= 4 is 52.1 Å². The zero-order chi connectivity index (χ0) is 53.7. The van der Waals surface area contributed by atoms with E-state index in [4.69, 9.17) is 26.8 Å². The van der Waals surface area contributed by atoms with E-state index in [1.54, 1.807) is 7.05 Å². The molecule has 10 rings (SSSR count). The Morgan fingerprint density at radius 3 is 2.34 bits per heavy atom. The van der Waals surface area contributed by atoms with Gasteiger partial charge in [0.2, 0.25) is 17.7 Å². The SMILES string of the molecule is C[C@H]1C[C@H](C(=O)N2CCC(CN3CCC(c4c(F)cc5c(N6CCC(=O)NC6=O)nn(C)c5c4F)CC3)CC2)CC[C@H]1NC[C@]1(c2ccccc2)Oc2cc(F)c(Cl)c(-c3c(C(N)=O)ccc(OCCO)c3F)c2[C@@H]1C. The summed E-state index contributed by atoms with van der Waals surface area (Å²) in [5, 5.41) is 19.5. The molecular weight excluding hydrogens is 1010 g/mol. The highest BCUT2D eigenvalue weighted by Crippen LogP contribution is 2.57. The molecule has 5 aromatic rings. The second-order valence-corrected chi connectivity index (χ2v) is 21.7. The van der Waals surface area contributed by atoms with E-state index >= 15 is 17.6 Å². The third kappa shape index (κ3) is 9.76. The van der Waals surface area contributed by atoms with Crippen LogP contribution in [0.25, 0.3) is 22.0 Å². The van der Waals surface area contributed by atoms with Crippen LogP contribution in [-0.2, 0) is 22.2 Å². The Hall–Kier alpha value is -6.28. The number of likely N-dealkylation sites (tertiary alicyclic amines) is 2. The lowest BCUT2D eigenvalue weighted by atomic mass is 9.75. The molecule has 15 nitrogen and oxygen atoms in total. The van der Waals surface area contributed by atoms with Crippen molar-refractivity contribution in [2.24, 2.45) is 30.5 Å². The molecule has 0 unspecified atom stereocenters. The monoisotopic (exact) mass is 1070 g/mol. The number of ether oxygens (including phenoxy) is 2. The first-order valence-electron chi connectivity index (χ1n) is 26.3. The number of urea groups is 1. The number of imide groups is 1. The van der Waals surface area contributed by atoms with Crippen LogP contribution in [0.15, 0.2) is 54.6 Å². The van der Waals surface area contributed by atoms with Gasteiger partial charge in [0, 0.05) is 92.4 Å². The summed E-state index contributed by atoms with van der Waals surface area (Å²) in [6, 6.07) is 13.8. The summed E-state index contributed by atoms with van der Waals surface area (Å²) in [4.78, 5) is 56.8. The third-order valence-corrected chi connectivity index (χ3v) is 17.2. The largest absolute Gasteiger partial charge is 0.488 e. The smallest absolute Gasteiger partial charge is 0.329 e. The predicted molar refractivity (Wildman–Crippen MR) is 277 cm³/mol. The molecular formula is C56H63ClF4N8O7. The molecule has 0 bridgehead atoms. The lowest BCUT2D eigenvalue weighted by Crippen LogP contribution is -2.51. The molecule has 0 spiro atoms. The maximum Gasteiger partial charge on any atom is 0.329 e. The van der Waals surface area contributed by atoms with E-state index in [2.05, 4.69) is 27.6 Å². The van der Waals surface area contributed by atoms with Crippen molar-refractivity contribution in [1.82, 2.24) is 30.2 Å². The van der Waals surface area contributed by atoms with Crippen LogP contribution in [-0.4, -0.2) is 114 Å². The molecule has 4 fully saturated rings. The number of nitrogens with zero attached hydrogens (tertiary/aromatic N) is 5. The molecule has 1 aromatic heterocycles. The predicted octanol–water partition coefficient (Wildman–Crippen LogP) is 8.27. The van der Waals surface area contributed by atoms with Crippen molar-refractivity contribution < 1.29 is 51.3 Å². The minimum absolute atomic E-state index is 0.000155. The minimum atomic E-state index is -1.15. The van der Waals surface area contributed by atoms with Crippen LogP contribution in [0.2, 0.25) is 5.02 Å². The van der Waals surface area contributed by atoms with Gasteiger partial charge in [-0.3, -0.25) is 29.3 Å². The number of primary amides is 1. The molecule has 5 aliphatic rings. The first-order chi connectivity index (χ1) is 36.5. The fourth-order valence-corrected chi connectivity index (χ4v) is 13.0. The molecule has 4 aliphatic heterocycles. The lowest BCUT2D eigenvalue weighted by molar-refractivity contribution is -0.138. The molecule has 404 valence electrons. The molecule has 20 heteroatoms. The van der Waals surface area contributed by atoms with Gasteiger partial charge in [0.05, 0.1) is 22.6 Å². The van der Waals surface area contributed by atoms with Crippen molar-refractivity contribution in [3.63, 3.8) is 0 Å². The summed E-state index contributed by atoms with van der Waals surface area (Å²) in [7, 11) is 1.56. The van der Waals surface area contributed by atoms with Gasteiger partial charge in [0.15, 0.2) is 28.8 Å². The maximum absolute atomic E-state index is 16.5. The second-order valence-electron chi connectivity index (χ2n) is 21.3. The minimum Gasteiger partial charge on any atom is -0.488 e. The number of piperidine rings is 2. The molecule has 1 aliphatic carbocycles. The van der Waals surface area contributed by atoms with Gasteiger partial charge in [-0.1, -0.05) is 55.8 Å². The Balaban J connectivity index is 0.751. The number of nitrogens with one attached hydrogen (secondary N) is 2. The Kier molecular flexibility index (Phi) is 15.1. The molecule has 4 aromatic carbocycles. The van der Waals surface area contributed by atoms with Crippen molar-refractivity contribution in [2.75, 3.05) is 63.9 Å². The number of nitrogens with two attached hydrogens (primary N) is 1. The van der Waals surface area contributed by atoms with Crippen molar-refractivity contribution in [3.05, 3.63) is 105 Å². The number of fused-ring (bicyclic) bond motifs is 2. The fourth-order valence-electron chi connectivity index (χ4n) is 12.8. The van der Waals surface area contributed by atoms with Gasteiger partial charge in [0.1, 0.15) is 29.5 Å². The van der Waals surface area contributed by atoms with Crippen molar-refractivity contribution in [2.45, 2.75) is 88.7 Å². The zero-order valence-corrected chi connectivity index (χ0v) is 43.5. The number of hydrogen-bond donors (Lipinski definition) is 4. The van der Waals surface area contributed by atoms with E-state index in [1.165, 1.54) is 33.8 Å². The number of aliphatic hydroxyl groups is 1. The zero-order valence-electron chi connectivity index (χ0n) is 42.8. The van der Waals surface area contributed by atoms with Crippen LogP contribution in [0, 0.1) is 41.0 Å². The molecule has 3 saturated heterocycles. The van der Waals surface area contributed by atoms with Gasteiger partial charge in [-0.05, 0) is 99.6 Å². The Morgan fingerprint density at radius 1 is 0.921 bits per heavy atom. The Morgan fingerprint density at radius 2 is 1.66 bits per heavy atom. The van der Waals surface area contributed by atoms with Crippen LogP contribution in [0.4, 0.5) is 28.2 Å². The van der Waals surface area contributed by atoms with Gasteiger partial charge < -0.3 is 35.4 Å². The third-order valence-electron chi connectivity index (χ3n) is 16.8. The van der Waals surface area contributed by atoms with Crippen molar-refractivity contribution in [3.8, 4) is 22.6 Å². The number of aromatic nitrogens is 2. The number of hydrogen-bond acceptors (Lipinski definition) is 10. The van der Waals surface area contributed by atoms with E-state index in [9.17, 15) is 24.3 Å². The summed E-state index contributed by atoms with van der Waals surface area (Å²) in [6.07, 6.45) is 5.04. The van der Waals surface area contributed by atoms with E-state index in [-0.39, 0.29) is 106 Å². The standard InChI is InChI=1S/C56H63ClF4N8O7/c1-30-25-34(54(73)68-20-13-32(14-21-68)28-67-18-15-33(16-19-67)45-38(58)26-37-51(50(45)61)66(3)65-53(37)69-22-17-43(71)64-55(69)74)9-11-40(30)63-29-56(35-7-5-4-6-8-35)31(2)44-42(76-56)27-39(59)48(57)47(44)46-36(52(62)72)10-12-41(49(46)60)75-24-23-70/h4-8,10,12,26-27,30-34,40,63,70H,9,11,13-25,28-29H2,1-3H3,(H2,62,72)(H,64,71,74)/t30-,31-,34+,40+,56-/m0/s1. The normalized spacial score (nSPS) is 23.7. The summed E-state index contributed by atoms with van der Waals surface area (Å²) in [6.45, 7) is 7.27. The van der Waals surface area contributed by atoms with Gasteiger partial charge >= 0.3 is 6.03 Å². The van der Waals surface area contributed by atoms with Gasteiger partial charge in [-0.15, -0.1) is 0 Å². The van der Waals surface area contributed by atoms with Gasteiger partial charge in [-0.25, -0.2) is 22.4 Å². The number of anilines is 1. The molecule has 76 heavy (non-hydrogen) atoms. The summed E-state index contributed by atoms with van der Waals surface area (Å²) < 4.78 is 78.2. The second kappa shape index (κ2) is 21.6. The lowest BCUT2D eigenvalue weighted by Gasteiger charge is -2.41. The summed E-state index contributed by atoms with van der Waals surface area (Å²) in [5.74, 6) is -5.01. The van der Waals surface area contributed by atoms with E-state index < -0.39 is 64.3 Å². The summed E-state index contributed by atoms with van der Waals surface area (Å²) >= 11 is 6.74. The van der Waals surface area contributed by atoms with Gasteiger partial charge in [-0.2, -0.15) is 5.10 Å². The highest BCUT2D eigenvalue weighted by molar-refractivity contribution is 6.34. The summed E-state index contributed by atoms with van der Waals surface area (Å²) in [5.41, 5.74) is 5.31. The molecule has 5 N–H and O–H groups in total. The number of halogens is 5. The van der Waals surface area contributed by atoms with Crippen molar-refractivity contribution in [1.29, 1.82) is 0 Å². The van der Waals surface area contributed by atoms with Crippen LogP contribution in [0.1, 0.15) is 104 Å². The quantitative estimate of drug-likeness (QED) is 0.0790. The molecule has 5 heterocycles. The first-order valence-corrected chi connectivity index (χ1v) is 26.7. The molecule has 5 atom stereocenters. The van der Waals surface area contributed by atoms with Crippen LogP contribution in [0.5, 0.6) is 11.5 Å². The maximum atomic E-state index is 16.5.